The van der Waals surface area contributed by atoms with Gasteiger partial charge in [0.15, 0.2) is 0 Å². The molecule has 0 saturated carbocycles. The molecule has 1 unspecified atom stereocenters. The molecule has 1 rings (SSSR count). The minimum atomic E-state index is 0.416. The van der Waals surface area contributed by atoms with Gasteiger partial charge >= 0.3 is 0 Å². The first-order chi connectivity index (χ1) is 8.30. The van der Waals surface area contributed by atoms with E-state index in [1.54, 1.807) is 7.11 Å². The second-order valence-corrected chi connectivity index (χ2v) is 3.97. The highest BCUT2D eigenvalue weighted by Gasteiger charge is 2.06. The van der Waals surface area contributed by atoms with Crippen LogP contribution in [0.5, 0.6) is 5.75 Å². The van der Waals surface area contributed by atoms with Crippen LogP contribution in [0.2, 0.25) is 0 Å². The number of methoxy groups -OCH3 is 1. The quantitative estimate of drug-likeness (QED) is 0.695. The van der Waals surface area contributed by atoms with Crippen LogP contribution in [0.4, 0.5) is 0 Å². The number of nitrogens with one attached hydrogen (secondary N) is 1. The van der Waals surface area contributed by atoms with Gasteiger partial charge in [0, 0.05) is 12.6 Å². The first-order valence-electron chi connectivity index (χ1n) is 5.88. The van der Waals surface area contributed by atoms with Gasteiger partial charge in [-0.15, -0.1) is 13.2 Å². The van der Waals surface area contributed by atoms with Crippen molar-refractivity contribution >= 4 is 0 Å². The van der Waals surface area contributed by atoms with Gasteiger partial charge < -0.3 is 10.1 Å². The second-order valence-electron chi connectivity index (χ2n) is 3.97. The van der Waals surface area contributed by atoms with Gasteiger partial charge in [0.25, 0.3) is 0 Å². The zero-order valence-electron chi connectivity index (χ0n) is 10.5. The normalized spacial score (nSPS) is 11.8. The van der Waals surface area contributed by atoms with Crippen LogP contribution < -0.4 is 10.1 Å². The third-order valence-electron chi connectivity index (χ3n) is 2.64. The number of benzene rings is 1. The van der Waals surface area contributed by atoms with Crippen molar-refractivity contribution in [3.63, 3.8) is 0 Å². The Balaban J connectivity index is 2.57. The lowest BCUT2D eigenvalue weighted by Gasteiger charge is -2.16. The van der Waals surface area contributed by atoms with Gasteiger partial charge in [0.05, 0.1) is 7.11 Å². The van der Waals surface area contributed by atoms with E-state index in [9.17, 15) is 0 Å². The first-order valence-corrected chi connectivity index (χ1v) is 5.88. The van der Waals surface area contributed by atoms with E-state index in [0.717, 1.165) is 25.1 Å². The predicted octanol–water partition coefficient (Wildman–Crippen LogP) is 2.96. The summed E-state index contributed by atoms with van der Waals surface area (Å²) in [5.74, 6) is 0.896. The van der Waals surface area contributed by atoms with Crippen LogP contribution in [0.1, 0.15) is 12.0 Å². The van der Waals surface area contributed by atoms with Gasteiger partial charge in [0.2, 0.25) is 0 Å². The van der Waals surface area contributed by atoms with Gasteiger partial charge in [-0.2, -0.15) is 0 Å². The summed E-state index contributed by atoms with van der Waals surface area (Å²) in [7, 11) is 1.68. The molecule has 2 nitrogen and oxygen atoms in total. The maximum absolute atomic E-state index is 5.14. The molecular weight excluding hydrogens is 210 g/mol. The van der Waals surface area contributed by atoms with Crippen molar-refractivity contribution in [2.75, 3.05) is 13.7 Å². The smallest absolute Gasteiger partial charge is 0.118 e. The van der Waals surface area contributed by atoms with Gasteiger partial charge in [-0.3, -0.25) is 0 Å². The van der Waals surface area contributed by atoms with Crippen molar-refractivity contribution in [1.29, 1.82) is 0 Å². The summed E-state index contributed by atoms with van der Waals surface area (Å²) >= 11 is 0. The highest BCUT2D eigenvalue weighted by Crippen LogP contribution is 2.13. The van der Waals surface area contributed by atoms with E-state index in [4.69, 9.17) is 4.74 Å². The fourth-order valence-electron chi connectivity index (χ4n) is 1.74. The second kappa shape index (κ2) is 7.69. The van der Waals surface area contributed by atoms with Gasteiger partial charge in [0.1, 0.15) is 5.75 Å². The van der Waals surface area contributed by atoms with Crippen molar-refractivity contribution in [3.8, 4) is 5.75 Å². The molecule has 2 heteroatoms. The number of hydrogen-bond acceptors (Lipinski definition) is 2. The summed E-state index contributed by atoms with van der Waals surface area (Å²) in [5, 5.41) is 3.43. The molecule has 1 aromatic rings. The Labute approximate surface area is 104 Å². The summed E-state index contributed by atoms with van der Waals surface area (Å²) in [6, 6.07) is 8.61. The largest absolute Gasteiger partial charge is 0.497 e. The molecule has 0 aromatic heterocycles. The average Bonchev–Trinajstić information content (AvgIpc) is 2.37. The van der Waals surface area contributed by atoms with Crippen LogP contribution in [0.15, 0.2) is 49.6 Å². The fourth-order valence-corrected chi connectivity index (χ4v) is 1.74. The van der Waals surface area contributed by atoms with E-state index in [0.29, 0.717) is 6.04 Å². The number of hydrogen-bond donors (Lipinski definition) is 1. The van der Waals surface area contributed by atoms with Crippen molar-refractivity contribution in [1.82, 2.24) is 5.32 Å². The van der Waals surface area contributed by atoms with Gasteiger partial charge in [-0.05, 0) is 30.5 Å². The maximum atomic E-state index is 5.14. The van der Waals surface area contributed by atoms with Crippen LogP contribution in [0, 0.1) is 0 Å². The Hall–Kier alpha value is -1.54. The molecule has 17 heavy (non-hydrogen) atoms. The summed E-state index contributed by atoms with van der Waals surface area (Å²) in [6.45, 7) is 8.34. The van der Waals surface area contributed by atoms with Crippen LogP contribution in [-0.2, 0) is 6.42 Å². The number of rotatable bonds is 8. The van der Waals surface area contributed by atoms with Crippen LogP contribution >= 0.6 is 0 Å². The minimum absolute atomic E-state index is 0.416. The standard InChI is InChI=1S/C15H21NO/c1-4-6-14(16-11-5-2)12-13-7-9-15(17-3)10-8-13/h4-5,7-10,14,16H,1-2,6,11-12H2,3H3. The summed E-state index contributed by atoms with van der Waals surface area (Å²) in [5.41, 5.74) is 1.30. The molecule has 0 amide bonds. The molecule has 1 N–H and O–H groups in total. The van der Waals surface area contributed by atoms with Crippen LogP contribution in [-0.4, -0.2) is 19.7 Å². The Morgan fingerprint density at radius 2 is 1.94 bits per heavy atom. The van der Waals surface area contributed by atoms with Crippen molar-refractivity contribution in [3.05, 3.63) is 55.1 Å². The van der Waals surface area contributed by atoms with Crippen molar-refractivity contribution in [2.24, 2.45) is 0 Å². The topological polar surface area (TPSA) is 21.3 Å². The summed E-state index contributed by atoms with van der Waals surface area (Å²) in [4.78, 5) is 0. The maximum Gasteiger partial charge on any atom is 0.118 e. The Bertz CT molecular complexity index is 342. The van der Waals surface area contributed by atoms with Crippen LogP contribution in [0.25, 0.3) is 0 Å². The highest BCUT2D eigenvalue weighted by molar-refractivity contribution is 5.27. The van der Waals surface area contributed by atoms with E-state index in [2.05, 4.69) is 30.6 Å². The van der Waals surface area contributed by atoms with Gasteiger partial charge in [-0.1, -0.05) is 24.3 Å². The van der Waals surface area contributed by atoms with Crippen molar-refractivity contribution < 1.29 is 4.74 Å². The van der Waals surface area contributed by atoms with E-state index in [1.165, 1.54) is 5.56 Å². The molecule has 0 aliphatic carbocycles. The van der Waals surface area contributed by atoms with Gasteiger partial charge in [-0.25, -0.2) is 0 Å². The minimum Gasteiger partial charge on any atom is -0.497 e. The Morgan fingerprint density at radius 3 is 2.47 bits per heavy atom. The molecular formula is C15H21NO. The predicted molar refractivity (Wildman–Crippen MR) is 73.5 cm³/mol. The summed E-state index contributed by atoms with van der Waals surface area (Å²) in [6.07, 6.45) is 5.78. The molecule has 1 aromatic carbocycles. The molecule has 0 radical (unpaired) electrons. The third kappa shape index (κ3) is 4.87. The highest BCUT2D eigenvalue weighted by atomic mass is 16.5. The van der Waals surface area contributed by atoms with Crippen molar-refractivity contribution in [2.45, 2.75) is 18.9 Å². The van der Waals surface area contributed by atoms with E-state index in [-0.39, 0.29) is 0 Å². The zero-order valence-corrected chi connectivity index (χ0v) is 10.5. The van der Waals surface area contributed by atoms with E-state index in [1.807, 2.05) is 24.3 Å². The van der Waals surface area contributed by atoms with Crippen LogP contribution in [0.3, 0.4) is 0 Å². The Kier molecular flexibility index (Phi) is 6.12. The zero-order chi connectivity index (χ0) is 12.5. The molecule has 0 aliphatic heterocycles. The first kappa shape index (κ1) is 13.5. The molecule has 0 saturated heterocycles. The molecule has 0 spiro atoms. The molecule has 0 bridgehead atoms. The molecule has 0 heterocycles. The van der Waals surface area contributed by atoms with E-state index < -0.39 is 0 Å². The SMILES string of the molecule is C=CCNC(CC=C)Cc1ccc(OC)cc1. The molecule has 92 valence electrons. The lowest BCUT2D eigenvalue weighted by molar-refractivity contribution is 0.414. The number of ether oxygens (including phenoxy) is 1. The average molecular weight is 231 g/mol. The van der Waals surface area contributed by atoms with E-state index >= 15 is 0 Å². The third-order valence-corrected chi connectivity index (χ3v) is 2.64. The Morgan fingerprint density at radius 1 is 1.24 bits per heavy atom. The molecule has 0 aliphatic rings. The fraction of sp³-hybridized carbons (Fsp3) is 0.333. The lowest BCUT2D eigenvalue weighted by Crippen LogP contribution is -2.30. The molecule has 0 fully saturated rings. The molecule has 1 atom stereocenters. The lowest BCUT2D eigenvalue weighted by atomic mass is 10.0. The summed E-state index contributed by atoms with van der Waals surface area (Å²) < 4.78 is 5.14. The monoisotopic (exact) mass is 231 g/mol.